The van der Waals surface area contributed by atoms with Crippen LogP contribution in [0.5, 0.6) is 11.5 Å². The van der Waals surface area contributed by atoms with Gasteiger partial charge in [-0.2, -0.15) is 0 Å². The first-order chi connectivity index (χ1) is 19.9. The molecule has 1 aliphatic heterocycles. The summed E-state index contributed by atoms with van der Waals surface area (Å²) >= 11 is 0. The molecule has 2 N–H and O–H groups in total. The third-order valence-electron chi connectivity index (χ3n) is 7.99. The highest BCUT2D eigenvalue weighted by atomic mass is 16.5. The molecule has 2 heterocycles. The fraction of sp³-hybridized carbons (Fsp3) is 0.438. The molecule has 1 saturated heterocycles. The Kier molecular flexibility index (Phi) is 9.14. The molecule has 2 aromatic carbocycles. The number of ether oxygens (including phenoxy) is 2. The van der Waals surface area contributed by atoms with E-state index in [0.717, 1.165) is 37.3 Å². The number of amides is 2. The number of fused-ring (bicyclic) bond motifs is 1. The summed E-state index contributed by atoms with van der Waals surface area (Å²) in [6, 6.07) is 18.1. The van der Waals surface area contributed by atoms with Gasteiger partial charge in [0.2, 0.25) is 5.91 Å². The number of nitrogens with zero attached hydrogens (tertiary/aromatic N) is 3. The van der Waals surface area contributed by atoms with Gasteiger partial charge in [0.25, 0.3) is 5.91 Å². The van der Waals surface area contributed by atoms with Gasteiger partial charge in [-0.25, -0.2) is 9.97 Å². The van der Waals surface area contributed by atoms with Crippen LogP contribution in [0.1, 0.15) is 66.9 Å². The standard InChI is InChI=1S/C32H39N5O4/c1-21(34-31(38)23-13-15-26(16-14-23)41-25-10-5-4-6-11-25)27-20-30(36-22(2)35-27)37-28-12-8-7-9-24(28)19-29(37)32(39)33-17-18-40-3/h4-6,10-11,13-16,20-21,24,28-29H,7-9,12,17-19H2,1-3H3,(H,33,39)(H,34,38)/t21?,24-,28-,29-/m0/s1. The van der Waals surface area contributed by atoms with E-state index in [1.165, 1.54) is 6.42 Å². The van der Waals surface area contributed by atoms with Gasteiger partial charge in [0.05, 0.1) is 18.3 Å². The van der Waals surface area contributed by atoms with Crippen molar-refractivity contribution in [2.75, 3.05) is 25.2 Å². The molecule has 0 spiro atoms. The van der Waals surface area contributed by atoms with E-state index in [1.807, 2.05) is 50.2 Å². The van der Waals surface area contributed by atoms with Gasteiger partial charge >= 0.3 is 0 Å². The Bertz CT molecular complexity index is 1330. The van der Waals surface area contributed by atoms with Crippen LogP contribution in [0.4, 0.5) is 5.82 Å². The molecule has 1 aromatic heterocycles. The van der Waals surface area contributed by atoms with Crippen molar-refractivity contribution in [3.8, 4) is 11.5 Å². The lowest BCUT2D eigenvalue weighted by atomic mass is 9.84. The highest BCUT2D eigenvalue weighted by Crippen LogP contribution is 2.42. The van der Waals surface area contributed by atoms with Crippen molar-refractivity contribution in [1.82, 2.24) is 20.6 Å². The molecule has 0 bridgehead atoms. The monoisotopic (exact) mass is 557 g/mol. The number of nitrogens with one attached hydrogen (secondary N) is 2. The van der Waals surface area contributed by atoms with Crippen LogP contribution < -0.4 is 20.3 Å². The predicted octanol–water partition coefficient (Wildman–Crippen LogP) is 4.97. The van der Waals surface area contributed by atoms with Crippen molar-refractivity contribution in [1.29, 1.82) is 0 Å². The van der Waals surface area contributed by atoms with E-state index in [2.05, 4.69) is 20.5 Å². The summed E-state index contributed by atoms with van der Waals surface area (Å²) in [5, 5.41) is 6.10. The smallest absolute Gasteiger partial charge is 0.251 e. The van der Waals surface area contributed by atoms with Crippen molar-refractivity contribution in [3.05, 3.63) is 77.7 Å². The van der Waals surface area contributed by atoms with Gasteiger partial charge in [-0.1, -0.05) is 31.0 Å². The highest BCUT2D eigenvalue weighted by Gasteiger charge is 2.45. The maximum atomic E-state index is 13.3. The summed E-state index contributed by atoms with van der Waals surface area (Å²) in [4.78, 5) is 38.0. The molecule has 5 rings (SSSR count). The first-order valence-electron chi connectivity index (χ1n) is 14.5. The molecule has 2 aliphatic rings. The second-order valence-electron chi connectivity index (χ2n) is 10.9. The van der Waals surface area contributed by atoms with Crippen molar-refractivity contribution in [2.45, 2.75) is 64.1 Å². The minimum absolute atomic E-state index is 0.00954. The van der Waals surface area contributed by atoms with Crippen LogP contribution >= 0.6 is 0 Å². The highest BCUT2D eigenvalue weighted by molar-refractivity contribution is 5.94. The van der Waals surface area contributed by atoms with E-state index in [0.29, 0.717) is 41.9 Å². The second kappa shape index (κ2) is 13.1. The maximum Gasteiger partial charge on any atom is 0.251 e. The number of benzene rings is 2. The molecular weight excluding hydrogens is 518 g/mol. The van der Waals surface area contributed by atoms with Gasteiger partial charge < -0.3 is 25.0 Å². The number of hydrogen-bond acceptors (Lipinski definition) is 7. The van der Waals surface area contributed by atoms with Gasteiger partial charge in [-0.15, -0.1) is 0 Å². The molecule has 9 nitrogen and oxygen atoms in total. The van der Waals surface area contributed by atoms with Crippen LogP contribution in [0.15, 0.2) is 60.7 Å². The summed E-state index contributed by atoms with van der Waals surface area (Å²) in [5.41, 5.74) is 1.24. The molecule has 1 saturated carbocycles. The summed E-state index contributed by atoms with van der Waals surface area (Å²) in [5.74, 6) is 3.02. The molecule has 4 atom stereocenters. The Balaban J connectivity index is 1.30. The molecule has 2 fully saturated rings. The molecule has 0 radical (unpaired) electrons. The Morgan fingerprint density at radius 3 is 2.51 bits per heavy atom. The first kappa shape index (κ1) is 28.5. The lowest BCUT2D eigenvalue weighted by Gasteiger charge is -2.35. The number of anilines is 1. The first-order valence-corrected chi connectivity index (χ1v) is 14.5. The molecule has 1 aliphatic carbocycles. The average Bonchev–Trinajstić information content (AvgIpc) is 3.38. The second-order valence-corrected chi connectivity index (χ2v) is 10.9. The zero-order chi connectivity index (χ0) is 28.8. The van der Waals surface area contributed by atoms with Gasteiger partial charge in [0.1, 0.15) is 29.2 Å². The molecule has 216 valence electrons. The van der Waals surface area contributed by atoms with Crippen molar-refractivity contribution >= 4 is 17.6 Å². The van der Waals surface area contributed by atoms with Gasteiger partial charge in [-0.05, 0) is 75.4 Å². The van der Waals surface area contributed by atoms with Gasteiger partial charge in [0.15, 0.2) is 0 Å². The van der Waals surface area contributed by atoms with Gasteiger partial charge in [-0.3, -0.25) is 9.59 Å². The zero-order valence-corrected chi connectivity index (χ0v) is 24.0. The predicted molar refractivity (Wildman–Crippen MR) is 157 cm³/mol. The number of hydrogen-bond donors (Lipinski definition) is 2. The minimum Gasteiger partial charge on any atom is -0.457 e. The average molecular weight is 558 g/mol. The number of aryl methyl sites for hydroxylation is 1. The van der Waals surface area contributed by atoms with Crippen LogP contribution in [0, 0.1) is 12.8 Å². The largest absolute Gasteiger partial charge is 0.457 e. The van der Waals surface area contributed by atoms with E-state index >= 15 is 0 Å². The maximum absolute atomic E-state index is 13.3. The molecule has 2 amide bonds. The van der Waals surface area contributed by atoms with E-state index in [-0.39, 0.29) is 29.9 Å². The third-order valence-corrected chi connectivity index (χ3v) is 7.99. The fourth-order valence-corrected chi connectivity index (χ4v) is 6.00. The van der Waals surface area contributed by atoms with E-state index in [4.69, 9.17) is 14.5 Å². The Morgan fingerprint density at radius 2 is 1.76 bits per heavy atom. The third kappa shape index (κ3) is 6.85. The number of carbonyl (C=O) groups excluding carboxylic acids is 2. The Hall–Kier alpha value is -3.98. The van der Waals surface area contributed by atoms with Crippen LogP contribution in [-0.4, -0.2) is 54.1 Å². The zero-order valence-electron chi connectivity index (χ0n) is 24.0. The number of para-hydroxylation sites is 1. The van der Waals surface area contributed by atoms with E-state index in [1.54, 1.807) is 31.4 Å². The quantitative estimate of drug-likeness (QED) is 0.339. The van der Waals surface area contributed by atoms with Crippen LogP contribution in [0.25, 0.3) is 0 Å². The normalized spacial score (nSPS) is 20.7. The van der Waals surface area contributed by atoms with Crippen LogP contribution in [-0.2, 0) is 9.53 Å². The topological polar surface area (TPSA) is 106 Å². The van der Waals surface area contributed by atoms with Crippen LogP contribution in [0.3, 0.4) is 0 Å². The summed E-state index contributed by atoms with van der Waals surface area (Å²) in [6.07, 6.45) is 5.33. The number of aromatic nitrogens is 2. The fourth-order valence-electron chi connectivity index (χ4n) is 6.00. The molecule has 9 heteroatoms. The van der Waals surface area contributed by atoms with E-state index < -0.39 is 0 Å². The molecule has 41 heavy (non-hydrogen) atoms. The Morgan fingerprint density at radius 1 is 1.02 bits per heavy atom. The minimum atomic E-state index is -0.359. The lowest BCUT2D eigenvalue weighted by Crippen LogP contribution is -2.48. The van der Waals surface area contributed by atoms with E-state index in [9.17, 15) is 9.59 Å². The molecule has 1 unspecified atom stereocenters. The lowest BCUT2D eigenvalue weighted by molar-refractivity contribution is -0.122. The summed E-state index contributed by atoms with van der Waals surface area (Å²) in [6.45, 7) is 4.72. The van der Waals surface area contributed by atoms with Gasteiger partial charge in [0, 0.05) is 31.3 Å². The summed E-state index contributed by atoms with van der Waals surface area (Å²) in [7, 11) is 1.63. The molecular formula is C32H39N5O4. The van der Waals surface area contributed by atoms with Crippen molar-refractivity contribution in [2.24, 2.45) is 5.92 Å². The number of methoxy groups -OCH3 is 1. The number of rotatable bonds is 10. The Labute approximate surface area is 241 Å². The SMILES string of the molecule is COCCNC(=O)[C@@H]1C[C@@H]2CCCC[C@@H]2N1c1cc(C(C)NC(=O)c2ccc(Oc3ccccc3)cc2)nc(C)n1. The van der Waals surface area contributed by atoms with Crippen molar-refractivity contribution in [3.63, 3.8) is 0 Å². The van der Waals surface area contributed by atoms with Crippen LogP contribution in [0.2, 0.25) is 0 Å². The summed E-state index contributed by atoms with van der Waals surface area (Å²) < 4.78 is 11.0. The molecule has 3 aromatic rings. The van der Waals surface area contributed by atoms with Crippen molar-refractivity contribution < 1.29 is 19.1 Å². The number of carbonyl (C=O) groups is 2.